The molecule has 0 saturated heterocycles. The highest BCUT2D eigenvalue weighted by Crippen LogP contribution is 2.38. The summed E-state index contributed by atoms with van der Waals surface area (Å²) >= 11 is 0. The average molecular weight is 380 g/mol. The lowest BCUT2D eigenvalue weighted by Crippen LogP contribution is -2.36. The number of benzene rings is 2. The van der Waals surface area contributed by atoms with Gasteiger partial charge in [-0.3, -0.25) is 4.79 Å². The molecule has 1 aromatic heterocycles. The normalized spacial score (nSPS) is 13.3. The third kappa shape index (κ3) is 3.15. The molecule has 6 nitrogen and oxygen atoms in total. The van der Waals surface area contributed by atoms with Crippen LogP contribution < -0.4 is 14.2 Å². The average Bonchev–Trinajstić information content (AvgIpc) is 3.10. The molecule has 0 aliphatic carbocycles. The van der Waals surface area contributed by atoms with Gasteiger partial charge in [0, 0.05) is 41.7 Å². The number of carbonyl (C=O) groups excluding carboxylic acids is 1. The zero-order chi connectivity index (χ0) is 19.7. The number of nitrogens with one attached hydrogen (secondary N) is 1. The van der Waals surface area contributed by atoms with Gasteiger partial charge in [0.1, 0.15) is 0 Å². The molecule has 3 aromatic rings. The maximum Gasteiger partial charge on any atom is 0.227 e. The van der Waals surface area contributed by atoms with Gasteiger partial charge in [0.2, 0.25) is 11.7 Å². The monoisotopic (exact) mass is 380 g/mol. The molecular formula is C22H24N2O4. The maximum atomic E-state index is 13.0. The first-order chi connectivity index (χ1) is 13.6. The molecule has 0 bridgehead atoms. The fourth-order valence-electron chi connectivity index (χ4n) is 3.90. The standard InChI is InChI=1S/C22H24N2O4/c1-26-19-10-14(11-20(27-2)22(19)28-3)12-21(25)24-9-8-18-16(13-24)15-6-4-5-7-17(15)23-18/h4-7,10-11,23H,8-9,12-13H2,1-3H3. The second-order valence-corrected chi connectivity index (χ2v) is 6.90. The Kier molecular flexibility index (Phi) is 4.86. The van der Waals surface area contributed by atoms with Gasteiger partial charge in [-0.15, -0.1) is 0 Å². The quantitative estimate of drug-likeness (QED) is 0.738. The Morgan fingerprint density at radius 1 is 1.07 bits per heavy atom. The van der Waals surface area contributed by atoms with Crippen molar-refractivity contribution in [1.29, 1.82) is 0 Å². The van der Waals surface area contributed by atoms with Gasteiger partial charge in [-0.25, -0.2) is 0 Å². The minimum absolute atomic E-state index is 0.0882. The third-order valence-corrected chi connectivity index (χ3v) is 5.32. The first-order valence-electron chi connectivity index (χ1n) is 9.29. The van der Waals surface area contributed by atoms with Gasteiger partial charge in [0.15, 0.2) is 11.5 Å². The smallest absolute Gasteiger partial charge is 0.227 e. The summed E-state index contributed by atoms with van der Waals surface area (Å²) in [5.41, 5.74) is 4.42. The number of aromatic amines is 1. The van der Waals surface area contributed by atoms with Crippen molar-refractivity contribution >= 4 is 16.8 Å². The fourth-order valence-corrected chi connectivity index (χ4v) is 3.90. The largest absolute Gasteiger partial charge is 0.493 e. The van der Waals surface area contributed by atoms with Crippen LogP contribution in [-0.2, 0) is 24.2 Å². The summed E-state index contributed by atoms with van der Waals surface area (Å²) in [6.07, 6.45) is 1.12. The van der Waals surface area contributed by atoms with E-state index in [2.05, 4.69) is 17.1 Å². The minimum atomic E-state index is 0.0882. The van der Waals surface area contributed by atoms with Crippen molar-refractivity contribution < 1.29 is 19.0 Å². The van der Waals surface area contributed by atoms with E-state index in [9.17, 15) is 4.79 Å². The van der Waals surface area contributed by atoms with Gasteiger partial charge in [-0.2, -0.15) is 0 Å². The molecule has 0 spiro atoms. The second-order valence-electron chi connectivity index (χ2n) is 6.90. The number of ether oxygens (including phenoxy) is 3. The number of carbonyl (C=O) groups is 1. The Labute approximate surface area is 164 Å². The van der Waals surface area contributed by atoms with Gasteiger partial charge in [-0.1, -0.05) is 18.2 Å². The highest BCUT2D eigenvalue weighted by Gasteiger charge is 2.24. The number of H-pyrrole nitrogens is 1. The Bertz CT molecular complexity index is 1000. The van der Waals surface area contributed by atoms with E-state index in [1.807, 2.05) is 29.2 Å². The molecule has 0 atom stereocenters. The lowest BCUT2D eigenvalue weighted by Gasteiger charge is -2.27. The van der Waals surface area contributed by atoms with E-state index >= 15 is 0 Å². The van der Waals surface area contributed by atoms with Gasteiger partial charge in [-0.05, 0) is 23.8 Å². The molecule has 1 aliphatic rings. The van der Waals surface area contributed by atoms with E-state index in [1.165, 1.54) is 16.6 Å². The van der Waals surface area contributed by atoms with Crippen molar-refractivity contribution in [3.63, 3.8) is 0 Å². The molecule has 4 rings (SSSR count). The van der Waals surface area contributed by atoms with Crippen LogP contribution in [0.5, 0.6) is 17.2 Å². The van der Waals surface area contributed by atoms with Gasteiger partial charge < -0.3 is 24.1 Å². The molecule has 2 aromatic carbocycles. The maximum absolute atomic E-state index is 13.0. The number of nitrogens with zero attached hydrogens (tertiary/aromatic N) is 1. The molecule has 28 heavy (non-hydrogen) atoms. The van der Waals surface area contributed by atoms with E-state index in [0.29, 0.717) is 30.3 Å². The molecule has 0 saturated carbocycles. The van der Waals surface area contributed by atoms with Crippen LogP contribution >= 0.6 is 0 Å². The number of methoxy groups -OCH3 is 3. The van der Waals surface area contributed by atoms with Crippen molar-refractivity contribution in [1.82, 2.24) is 9.88 Å². The van der Waals surface area contributed by atoms with Gasteiger partial charge in [0.05, 0.1) is 27.8 Å². The highest BCUT2D eigenvalue weighted by atomic mass is 16.5. The molecule has 1 amide bonds. The summed E-state index contributed by atoms with van der Waals surface area (Å²) in [6.45, 7) is 1.34. The number of hydrogen-bond donors (Lipinski definition) is 1. The zero-order valence-electron chi connectivity index (χ0n) is 16.4. The summed E-state index contributed by atoms with van der Waals surface area (Å²) in [6, 6.07) is 11.9. The van der Waals surface area contributed by atoms with E-state index in [1.54, 1.807) is 21.3 Å². The van der Waals surface area contributed by atoms with E-state index in [-0.39, 0.29) is 12.3 Å². The van der Waals surface area contributed by atoms with Crippen LogP contribution in [0.1, 0.15) is 16.8 Å². The number of rotatable bonds is 5. The molecular weight excluding hydrogens is 356 g/mol. The SMILES string of the molecule is COc1cc(CC(=O)N2CCc3[nH]c4ccccc4c3C2)cc(OC)c1OC. The lowest BCUT2D eigenvalue weighted by molar-refractivity contribution is -0.131. The Morgan fingerprint density at radius 3 is 2.46 bits per heavy atom. The molecule has 0 radical (unpaired) electrons. The van der Waals surface area contributed by atoms with Crippen molar-refractivity contribution in [2.45, 2.75) is 19.4 Å². The first kappa shape index (κ1) is 18.2. The van der Waals surface area contributed by atoms with Crippen LogP contribution in [0.25, 0.3) is 10.9 Å². The molecule has 146 valence electrons. The summed E-state index contributed by atoms with van der Waals surface area (Å²) in [5.74, 6) is 1.73. The van der Waals surface area contributed by atoms with Crippen LogP contribution in [0.2, 0.25) is 0 Å². The van der Waals surface area contributed by atoms with Crippen molar-refractivity contribution in [3.8, 4) is 17.2 Å². The summed E-state index contributed by atoms with van der Waals surface area (Å²) in [4.78, 5) is 18.4. The summed E-state index contributed by atoms with van der Waals surface area (Å²) in [7, 11) is 4.72. The molecule has 2 heterocycles. The van der Waals surface area contributed by atoms with Crippen molar-refractivity contribution in [3.05, 3.63) is 53.2 Å². The predicted molar refractivity (Wildman–Crippen MR) is 107 cm³/mol. The lowest BCUT2D eigenvalue weighted by atomic mass is 10.0. The Morgan fingerprint density at radius 2 is 1.79 bits per heavy atom. The second kappa shape index (κ2) is 7.46. The summed E-state index contributed by atoms with van der Waals surface area (Å²) in [5, 5.41) is 1.20. The minimum Gasteiger partial charge on any atom is -0.493 e. The Hall–Kier alpha value is -3.15. The number of amides is 1. The molecule has 1 N–H and O–H groups in total. The highest BCUT2D eigenvalue weighted by molar-refractivity contribution is 5.86. The molecule has 1 aliphatic heterocycles. The van der Waals surface area contributed by atoms with Crippen LogP contribution in [0.4, 0.5) is 0 Å². The van der Waals surface area contributed by atoms with Gasteiger partial charge >= 0.3 is 0 Å². The Balaban J connectivity index is 1.56. The van der Waals surface area contributed by atoms with E-state index < -0.39 is 0 Å². The van der Waals surface area contributed by atoms with Crippen LogP contribution in [0.15, 0.2) is 36.4 Å². The third-order valence-electron chi connectivity index (χ3n) is 5.32. The molecule has 6 heteroatoms. The van der Waals surface area contributed by atoms with Crippen LogP contribution in [0.3, 0.4) is 0 Å². The summed E-state index contributed by atoms with van der Waals surface area (Å²) < 4.78 is 16.2. The number of aromatic nitrogens is 1. The first-order valence-corrected chi connectivity index (χ1v) is 9.29. The van der Waals surface area contributed by atoms with Crippen molar-refractivity contribution in [2.24, 2.45) is 0 Å². The van der Waals surface area contributed by atoms with Crippen LogP contribution in [0, 0.1) is 0 Å². The van der Waals surface area contributed by atoms with Crippen LogP contribution in [-0.4, -0.2) is 43.7 Å². The van der Waals surface area contributed by atoms with Crippen molar-refractivity contribution in [2.75, 3.05) is 27.9 Å². The number of hydrogen-bond acceptors (Lipinski definition) is 4. The zero-order valence-corrected chi connectivity index (χ0v) is 16.4. The number of fused-ring (bicyclic) bond motifs is 3. The predicted octanol–water partition coefficient (Wildman–Crippen LogP) is 3.32. The number of para-hydroxylation sites is 1. The van der Waals surface area contributed by atoms with Gasteiger partial charge in [0.25, 0.3) is 0 Å². The topological polar surface area (TPSA) is 63.8 Å². The molecule has 0 fully saturated rings. The fraction of sp³-hybridized carbons (Fsp3) is 0.318. The van der Waals surface area contributed by atoms with E-state index in [0.717, 1.165) is 17.5 Å². The molecule has 0 unspecified atom stereocenters. The van der Waals surface area contributed by atoms with E-state index in [4.69, 9.17) is 14.2 Å².